The minimum absolute atomic E-state index is 0.0438. The molecule has 1 amide bonds. The third-order valence-corrected chi connectivity index (χ3v) is 2.72. The largest absolute Gasteiger partial charge is 0.394 e. The molecule has 18 heavy (non-hydrogen) atoms. The Morgan fingerprint density at radius 1 is 1.17 bits per heavy atom. The molecule has 0 saturated heterocycles. The van der Waals surface area contributed by atoms with E-state index in [1.165, 1.54) is 0 Å². The summed E-state index contributed by atoms with van der Waals surface area (Å²) in [5.74, 6) is -0.256. The van der Waals surface area contributed by atoms with E-state index in [4.69, 9.17) is 10.2 Å². The van der Waals surface area contributed by atoms with Crippen molar-refractivity contribution in [3.05, 3.63) is 48.0 Å². The van der Waals surface area contributed by atoms with E-state index in [2.05, 4.69) is 5.32 Å². The summed E-state index contributed by atoms with van der Waals surface area (Å²) in [5.41, 5.74) is 0.541. The van der Waals surface area contributed by atoms with Gasteiger partial charge in [-0.25, -0.2) is 0 Å². The van der Waals surface area contributed by atoms with Gasteiger partial charge >= 0.3 is 0 Å². The van der Waals surface area contributed by atoms with Gasteiger partial charge in [-0.2, -0.15) is 0 Å². The summed E-state index contributed by atoms with van der Waals surface area (Å²) in [5, 5.41) is 22.5. The van der Waals surface area contributed by atoms with E-state index >= 15 is 0 Å². The molecule has 2 aromatic carbocycles. The van der Waals surface area contributed by atoms with Crippen molar-refractivity contribution in [2.45, 2.75) is 6.10 Å². The smallest absolute Gasteiger partial charge is 0.251 e. The maximum absolute atomic E-state index is 11.8. The molecule has 1 unspecified atom stereocenters. The van der Waals surface area contributed by atoms with Crippen LogP contribution in [-0.2, 0) is 0 Å². The quantitative estimate of drug-likeness (QED) is 0.750. The average Bonchev–Trinajstić information content (AvgIpc) is 2.43. The van der Waals surface area contributed by atoms with Gasteiger partial charge in [-0.15, -0.1) is 0 Å². The van der Waals surface area contributed by atoms with E-state index < -0.39 is 6.10 Å². The Morgan fingerprint density at radius 2 is 1.89 bits per heavy atom. The molecule has 0 spiro atoms. The second kappa shape index (κ2) is 5.62. The van der Waals surface area contributed by atoms with Crippen LogP contribution in [0.4, 0.5) is 0 Å². The van der Waals surface area contributed by atoms with Gasteiger partial charge in [-0.1, -0.05) is 30.3 Å². The van der Waals surface area contributed by atoms with Gasteiger partial charge in [0, 0.05) is 12.1 Å². The van der Waals surface area contributed by atoms with E-state index in [9.17, 15) is 4.79 Å². The monoisotopic (exact) mass is 245 g/mol. The van der Waals surface area contributed by atoms with Crippen LogP contribution in [0, 0.1) is 0 Å². The van der Waals surface area contributed by atoms with Crippen molar-refractivity contribution in [1.82, 2.24) is 5.32 Å². The van der Waals surface area contributed by atoms with Crippen molar-refractivity contribution in [2.75, 3.05) is 13.2 Å². The molecule has 2 rings (SSSR count). The molecule has 0 bridgehead atoms. The first kappa shape index (κ1) is 12.5. The molecule has 4 heteroatoms. The molecule has 0 aliphatic carbocycles. The van der Waals surface area contributed by atoms with Crippen molar-refractivity contribution in [1.29, 1.82) is 0 Å². The molecule has 3 N–H and O–H groups in total. The molecule has 0 fully saturated rings. The highest BCUT2D eigenvalue weighted by molar-refractivity contribution is 5.98. The number of aliphatic hydroxyl groups excluding tert-OH is 2. The van der Waals surface area contributed by atoms with Gasteiger partial charge in [-0.05, 0) is 22.9 Å². The summed E-state index contributed by atoms with van der Waals surface area (Å²) in [6, 6.07) is 13.2. The lowest BCUT2D eigenvalue weighted by atomic mass is 10.1. The molecule has 0 heterocycles. The topological polar surface area (TPSA) is 69.6 Å². The standard InChI is InChI=1S/C14H15NO3/c16-9-13(17)8-15-14(18)12-6-5-10-3-1-2-4-11(10)7-12/h1-7,13,16-17H,8-9H2,(H,15,18). The lowest BCUT2D eigenvalue weighted by Gasteiger charge is -2.09. The molecule has 1 atom stereocenters. The molecular weight excluding hydrogens is 230 g/mol. The summed E-state index contributed by atoms with van der Waals surface area (Å²) in [6.45, 7) is -0.319. The highest BCUT2D eigenvalue weighted by atomic mass is 16.3. The number of nitrogens with one attached hydrogen (secondary N) is 1. The molecule has 0 aliphatic heterocycles. The lowest BCUT2D eigenvalue weighted by molar-refractivity contribution is 0.0802. The summed E-state index contributed by atoms with van der Waals surface area (Å²) in [7, 11) is 0. The van der Waals surface area contributed by atoms with E-state index in [-0.39, 0.29) is 19.1 Å². The zero-order valence-electron chi connectivity index (χ0n) is 9.84. The Labute approximate surface area is 105 Å². The predicted octanol–water partition coefficient (Wildman–Crippen LogP) is 0.923. The maximum atomic E-state index is 11.8. The van der Waals surface area contributed by atoms with Gasteiger partial charge in [0.1, 0.15) is 0 Å². The second-order valence-electron chi connectivity index (χ2n) is 4.11. The third kappa shape index (κ3) is 2.85. The second-order valence-corrected chi connectivity index (χ2v) is 4.11. The van der Waals surface area contributed by atoms with Crippen molar-refractivity contribution < 1.29 is 15.0 Å². The van der Waals surface area contributed by atoms with Crippen molar-refractivity contribution >= 4 is 16.7 Å². The highest BCUT2D eigenvalue weighted by Crippen LogP contribution is 2.15. The van der Waals surface area contributed by atoms with Crippen LogP contribution in [0.3, 0.4) is 0 Å². The lowest BCUT2D eigenvalue weighted by Crippen LogP contribution is -2.33. The van der Waals surface area contributed by atoms with Crippen molar-refractivity contribution in [3.63, 3.8) is 0 Å². The Balaban J connectivity index is 2.13. The fraction of sp³-hybridized carbons (Fsp3) is 0.214. The minimum Gasteiger partial charge on any atom is -0.394 e. The number of rotatable bonds is 4. The number of aliphatic hydroxyl groups is 2. The molecule has 4 nitrogen and oxygen atoms in total. The first-order valence-corrected chi connectivity index (χ1v) is 5.76. The number of amides is 1. The van der Waals surface area contributed by atoms with Crippen molar-refractivity contribution in [2.24, 2.45) is 0 Å². The normalized spacial score (nSPS) is 12.3. The van der Waals surface area contributed by atoms with Gasteiger partial charge in [0.05, 0.1) is 12.7 Å². The van der Waals surface area contributed by atoms with E-state index in [0.29, 0.717) is 5.56 Å². The summed E-state index contributed by atoms with van der Waals surface area (Å²) in [6.07, 6.45) is -0.922. The number of carbonyl (C=O) groups is 1. The Kier molecular flexibility index (Phi) is 3.92. The van der Waals surface area contributed by atoms with Gasteiger partial charge in [-0.3, -0.25) is 4.79 Å². The molecule has 0 aromatic heterocycles. The fourth-order valence-corrected chi connectivity index (χ4v) is 1.71. The number of benzene rings is 2. The van der Waals surface area contributed by atoms with Crippen LogP contribution in [-0.4, -0.2) is 35.4 Å². The minimum atomic E-state index is -0.922. The predicted molar refractivity (Wildman–Crippen MR) is 69.4 cm³/mol. The van der Waals surface area contributed by atoms with Crippen LogP contribution in [0.15, 0.2) is 42.5 Å². The zero-order chi connectivity index (χ0) is 13.0. The third-order valence-electron chi connectivity index (χ3n) is 2.72. The molecule has 94 valence electrons. The van der Waals surface area contributed by atoms with Crippen LogP contribution < -0.4 is 5.32 Å². The Bertz CT molecular complexity index is 553. The van der Waals surface area contributed by atoms with Crippen LogP contribution in [0.25, 0.3) is 10.8 Å². The van der Waals surface area contributed by atoms with E-state index in [1.807, 2.05) is 30.3 Å². The maximum Gasteiger partial charge on any atom is 0.251 e. The molecular formula is C14H15NO3. The van der Waals surface area contributed by atoms with E-state index in [0.717, 1.165) is 10.8 Å². The SMILES string of the molecule is O=C(NCC(O)CO)c1ccc2ccccc2c1. The number of hydrogen-bond donors (Lipinski definition) is 3. The van der Waals surface area contributed by atoms with Crippen LogP contribution in [0.5, 0.6) is 0 Å². The fourth-order valence-electron chi connectivity index (χ4n) is 1.71. The van der Waals surface area contributed by atoms with Crippen LogP contribution in [0.1, 0.15) is 10.4 Å². The molecule has 0 radical (unpaired) electrons. The molecule has 0 saturated carbocycles. The first-order valence-electron chi connectivity index (χ1n) is 5.76. The Hall–Kier alpha value is -1.91. The van der Waals surface area contributed by atoms with E-state index in [1.54, 1.807) is 12.1 Å². The summed E-state index contributed by atoms with van der Waals surface area (Å²) < 4.78 is 0. The number of carbonyl (C=O) groups excluding carboxylic acids is 1. The summed E-state index contributed by atoms with van der Waals surface area (Å²) >= 11 is 0. The van der Waals surface area contributed by atoms with Crippen LogP contribution in [0.2, 0.25) is 0 Å². The molecule has 0 aliphatic rings. The van der Waals surface area contributed by atoms with Gasteiger partial charge in [0.15, 0.2) is 0 Å². The van der Waals surface area contributed by atoms with Crippen molar-refractivity contribution in [3.8, 4) is 0 Å². The zero-order valence-corrected chi connectivity index (χ0v) is 9.84. The Morgan fingerprint density at radius 3 is 2.61 bits per heavy atom. The summed E-state index contributed by atoms with van der Waals surface area (Å²) in [4.78, 5) is 11.8. The average molecular weight is 245 g/mol. The van der Waals surface area contributed by atoms with Crippen LogP contribution >= 0.6 is 0 Å². The van der Waals surface area contributed by atoms with Gasteiger partial charge in [0.2, 0.25) is 0 Å². The molecule has 2 aromatic rings. The van der Waals surface area contributed by atoms with Gasteiger partial charge in [0.25, 0.3) is 5.91 Å². The first-order chi connectivity index (χ1) is 8.70. The number of fused-ring (bicyclic) bond motifs is 1. The van der Waals surface area contributed by atoms with Gasteiger partial charge < -0.3 is 15.5 Å². The number of hydrogen-bond acceptors (Lipinski definition) is 3. The highest BCUT2D eigenvalue weighted by Gasteiger charge is 2.08.